The van der Waals surface area contributed by atoms with E-state index in [9.17, 15) is 5.11 Å². The van der Waals surface area contributed by atoms with E-state index in [-0.39, 0.29) is 18.1 Å². The van der Waals surface area contributed by atoms with Gasteiger partial charge in [-0.05, 0) is 62.6 Å². The molecule has 3 heterocycles. The van der Waals surface area contributed by atoms with Crippen LogP contribution in [0.3, 0.4) is 0 Å². The van der Waals surface area contributed by atoms with E-state index in [2.05, 4.69) is 39.5 Å². The van der Waals surface area contributed by atoms with Crippen LogP contribution in [0.4, 0.5) is 4.79 Å². The fourth-order valence-corrected chi connectivity index (χ4v) is 6.55. The Bertz CT molecular complexity index is 1570. The van der Waals surface area contributed by atoms with Gasteiger partial charge in [-0.15, -0.1) is 0 Å². The number of aliphatic hydroxyl groups excluding tert-OH is 1. The topological polar surface area (TPSA) is 94.4 Å². The lowest BCUT2D eigenvalue weighted by molar-refractivity contribution is 0.0850. The molecular formula is C35H44Cl2N6O3. The third-order valence-electron chi connectivity index (χ3n) is 9.16. The Kier molecular flexibility index (Phi) is 9.99. The van der Waals surface area contributed by atoms with Crippen LogP contribution in [0.1, 0.15) is 70.5 Å². The lowest BCUT2D eigenvalue weighted by Gasteiger charge is -2.47. The minimum atomic E-state index is -1.02. The standard InChI is InChI=1S/C35H44Cl2N6O3/c1-7-46-30-28(23-38-31(39-30)33(2,3)4)29-40-34(5,24-9-13-26(36)14-10-24)35(6,25-11-15-27(37)16-12-25)43(29)32(45)42-20-18-41(19-21-42)17-8-22-44/h9-16,23,44H,7-8,17-22H2,1-6H3/t34-,35+/m0/s1. The first-order valence-corrected chi connectivity index (χ1v) is 16.6. The normalized spacial score (nSPS) is 22.2. The van der Waals surface area contributed by atoms with Crippen LogP contribution in [0.25, 0.3) is 0 Å². The molecule has 11 heteroatoms. The number of aliphatic imine (C=N–C) groups is 1. The summed E-state index contributed by atoms with van der Waals surface area (Å²) < 4.78 is 6.14. The number of halogens is 2. The number of piperazine rings is 1. The van der Waals surface area contributed by atoms with Crippen molar-refractivity contribution in [2.45, 2.75) is 64.5 Å². The average Bonchev–Trinajstić information content (AvgIpc) is 3.28. The van der Waals surface area contributed by atoms with Crippen molar-refractivity contribution in [2.24, 2.45) is 4.99 Å². The molecule has 0 radical (unpaired) electrons. The molecule has 1 saturated heterocycles. The maximum Gasteiger partial charge on any atom is 0.326 e. The summed E-state index contributed by atoms with van der Waals surface area (Å²) in [5.74, 6) is 1.45. The largest absolute Gasteiger partial charge is 0.477 e. The predicted octanol–water partition coefficient (Wildman–Crippen LogP) is 6.49. The van der Waals surface area contributed by atoms with Gasteiger partial charge in [-0.25, -0.2) is 9.78 Å². The minimum absolute atomic E-state index is 0.147. The second-order valence-electron chi connectivity index (χ2n) is 13.2. The van der Waals surface area contributed by atoms with E-state index in [1.807, 2.05) is 65.3 Å². The van der Waals surface area contributed by atoms with Crippen molar-refractivity contribution >= 4 is 35.1 Å². The lowest BCUT2D eigenvalue weighted by Crippen LogP contribution is -2.60. The van der Waals surface area contributed by atoms with Crippen LogP contribution in [-0.4, -0.2) is 87.6 Å². The number of ether oxygens (including phenoxy) is 1. The van der Waals surface area contributed by atoms with E-state index in [0.29, 0.717) is 72.4 Å². The van der Waals surface area contributed by atoms with Crippen LogP contribution in [0.2, 0.25) is 10.0 Å². The number of carbonyl (C=O) groups is 1. The molecule has 246 valence electrons. The number of rotatable bonds is 8. The van der Waals surface area contributed by atoms with Gasteiger partial charge in [-0.3, -0.25) is 14.8 Å². The summed E-state index contributed by atoms with van der Waals surface area (Å²) in [6.45, 7) is 16.0. The Labute approximate surface area is 282 Å². The number of aromatic nitrogens is 2. The van der Waals surface area contributed by atoms with Gasteiger partial charge in [-0.2, -0.15) is 4.98 Å². The molecule has 0 spiro atoms. The Morgan fingerprint density at radius 3 is 2.09 bits per heavy atom. The minimum Gasteiger partial charge on any atom is -0.477 e. The highest BCUT2D eigenvalue weighted by molar-refractivity contribution is 6.30. The summed E-state index contributed by atoms with van der Waals surface area (Å²) in [5, 5.41) is 10.5. The number of amides is 2. The zero-order valence-electron chi connectivity index (χ0n) is 27.6. The molecule has 0 bridgehead atoms. The molecule has 9 nitrogen and oxygen atoms in total. The maximum absolute atomic E-state index is 15.0. The van der Waals surface area contributed by atoms with Crippen molar-refractivity contribution in [3.63, 3.8) is 0 Å². The van der Waals surface area contributed by atoms with E-state index in [4.69, 9.17) is 42.9 Å². The van der Waals surface area contributed by atoms with Crippen LogP contribution >= 0.6 is 23.2 Å². The van der Waals surface area contributed by atoms with Gasteiger partial charge in [0, 0.05) is 61.0 Å². The summed E-state index contributed by atoms with van der Waals surface area (Å²) >= 11 is 12.7. The summed E-state index contributed by atoms with van der Waals surface area (Å²) in [7, 11) is 0. The van der Waals surface area contributed by atoms with Crippen LogP contribution in [0.5, 0.6) is 5.88 Å². The van der Waals surface area contributed by atoms with Gasteiger partial charge in [0.2, 0.25) is 5.88 Å². The summed E-state index contributed by atoms with van der Waals surface area (Å²) in [6, 6.07) is 15.1. The highest BCUT2D eigenvalue weighted by Crippen LogP contribution is 2.54. The smallest absolute Gasteiger partial charge is 0.326 e. The molecule has 0 unspecified atom stereocenters. The van der Waals surface area contributed by atoms with Crippen LogP contribution in [-0.2, 0) is 16.5 Å². The zero-order chi connectivity index (χ0) is 33.3. The first kappa shape index (κ1) is 34.1. The third-order valence-corrected chi connectivity index (χ3v) is 9.67. The van der Waals surface area contributed by atoms with Gasteiger partial charge in [0.15, 0.2) is 0 Å². The Morgan fingerprint density at radius 1 is 0.957 bits per heavy atom. The summed E-state index contributed by atoms with van der Waals surface area (Å²) in [4.78, 5) is 36.1. The van der Waals surface area contributed by atoms with E-state index >= 15 is 4.79 Å². The third kappa shape index (κ3) is 6.35. The van der Waals surface area contributed by atoms with Gasteiger partial charge in [0.05, 0.1) is 12.2 Å². The number of benzene rings is 2. The molecule has 2 aromatic carbocycles. The number of nitrogens with zero attached hydrogens (tertiary/aromatic N) is 6. The molecule has 2 amide bonds. The van der Waals surface area contributed by atoms with Crippen molar-refractivity contribution in [1.29, 1.82) is 0 Å². The first-order chi connectivity index (χ1) is 21.8. The predicted molar refractivity (Wildman–Crippen MR) is 183 cm³/mol. The fraction of sp³-hybridized carbons (Fsp3) is 0.486. The number of carbonyl (C=O) groups excluding carboxylic acids is 1. The second kappa shape index (κ2) is 13.5. The van der Waals surface area contributed by atoms with E-state index < -0.39 is 11.1 Å². The Morgan fingerprint density at radius 2 is 1.54 bits per heavy atom. The number of hydrogen-bond donors (Lipinski definition) is 1. The SMILES string of the molecule is CCOc1nc(C(C)(C)C)ncc1C1=N[C@@](C)(c2ccc(Cl)cc2)[C@@](C)(c2ccc(Cl)cc2)N1C(=O)N1CCN(CCCO)CC1. The van der Waals surface area contributed by atoms with Crippen molar-refractivity contribution in [3.05, 3.63) is 87.3 Å². The molecule has 1 aromatic heterocycles. The molecule has 2 atom stereocenters. The number of amidine groups is 1. The van der Waals surface area contributed by atoms with E-state index in [1.54, 1.807) is 6.20 Å². The Balaban J connectivity index is 1.72. The quantitative estimate of drug-likeness (QED) is 0.295. The molecule has 3 aromatic rings. The molecule has 1 N–H and O–H groups in total. The molecule has 2 aliphatic rings. The highest BCUT2D eigenvalue weighted by atomic mass is 35.5. The van der Waals surface area contributed by atoms with Gasteiger partial charge in [0.1, 0.15) is 22.7 Å². The van der Waals surface area contributed by atoms with Crippen molar-refractivity contribution in [1.82, 2.24) is 24.7 Å². The number of aliphatic hydroxyl groups is 1. The molecule has 5 rings (SSSR count). The Hall–Kier alpha value is -3.24. The van der Waals surface area contributed by atoms with Gasteiger partial charge in [0.25, 0.3) is 0 Å². The fourth-order valence-electron chi connectivity index (χ4n) is 6.29. The molecule has 2 aliphatic heterocycles. The second-order valence-corrected chi connectivity index (χ2v) is 14.1. The molecule has 1 fully saturated rings. The molecule has 0 saturated carbocycles. The van der Waals surface area contributed by atoms with Crippen LogP contribution < -0.4 is 4.74 Å². The highest BCUT2D eigenvalue weighted by Gasteiger charge is 2.60. The monoisotopic (exact) mass is 666 g/mol. The van der Waals surface area contributed by atoms with Crippen molar-refractivity contribution < 1.29 is 14.6 Å². The molecule has 46 heavy (non-hydrogen) atoms. The van der Waals surface area contributed by atoms with Gasteiger partial charge in [-0.1, -0.05) is 68.2 Å². The van der Waals surface area contributed by atoms with Crippen molar-refractivity contribution in [2.75, 3.05) is 45.9 Å². The van der Waals surface area contributed by atoms with Gasteiger partial charge < -0.3 is 14.7 Å². The van der Waals surface area contributed by atoms with Crippen molar-refractivity contribution in [3.8, 4) is 5.88 Å². The summed E-state index contributed by atoms with van der Waals surface area (Å²) in [5.41, 5.74) is 0.00351. The lowest BCUT2D eigenvalue weighted by atomic mass is 9.71. The van der Waals surface area contributed by atoms with E-state index in [0.717, 1.165) is 17.7 Å². The number of urea groups is 1. The number of hydrogen-bond acceptors (Lipinski definition) is 7. The molecule has 0 aliphatic carbocycles. The van der Waals surface area contributed by atoms with Crippen LogP contribution in [0, 0.1) is 0 Å². The van der Waals surface area contributed by atoms with Gasteiger partial charge >= 0.3 is 6.03 Å². The van der Waals surface area contributed by atoms with E-state index in [1.165, 1.54) is 0 Å². The first-order valence-electron chi connectivity index (χ1n) is 15.9. The maximum atomic E-state index is 15.0. The average molecular weight is 668 g/mol. The van der Waals surface area contributed by atoms with Crippen LogP contribution in [0.15, 0.2) is 59.7 Å². The molecular weight excluding hydrogens is 623 g/mol. The zero-order valence-corrected chi connectivity index (χ0v) is 29.1. The summed E-state index contributed by atoms with van der Waals surface area (Å²) in [6.07, 6.45) is 2.44.